The van der Waals surface area contributed by atoms with Gasteiger partial charge in [0, 0.05) is 49.9 Å². The summed E-state index contributed by atoms with van der Waals surface area (Å²) in [5, 5.41) is 9.51. The van der Waals surface area contributed by atoms with Crippen LogP contribution in [0.25, 0.3) is 11.3 Å². The van der Waals surface area contributed by atoms with Gasteiger partial charge < -0.3 is 23.9 Å². The molecule has 0 radical (unpaired) electrons. The molecule has 2 aliphatic rings. The molecule has 1 aliphatic heterocycles. The standard InChI is InChI=1S/C24H29NO6/c1-24(2)7-6-14-15-10-21(31-9-5-8-29-3)20(30-4)11-16(15)18-12-19(26)17(23(27)28)13-25(18)22(14)24/h10-14,22H,5-9H2,1-4H3,(H,27,28)/t14?,22-/m0/s1. The Hall–Kier alpha value is -2.80. The normalized spacial score (nSPS) is 20.5. The van der Waals surface area contributed by atoms with Crippen LogP contribution in [0.2, 0.25) is 0 Å². The highest BCUT2D eigenvalue weighted by Gasteiger charge is 2.47. The van der Waals surface area contributed by atoms with Crippen molar-refractivity contribution >= 4 is 5.97 Å². The maximum absolute atomic E-state index is 12.6. The van der Waals surface area contributed by atoms with Gasteiger partial charge in [-0.05, 0) is 36.0 Å². The van der Waals surface area contributed by atoms with Gasteiger partial charge in [0.15, 0.2) is 16.9 Å². The zero-order chi connectivity index (χ0) is 22.3. The van der Waals surface area contributed by atoms with E-state index in [1.807, 2.05) is 16.7 Å². The monoisotopic (exact) mass is 427 g/mol. The highest BCUT2D eigenvalue weighted by Crippen LogP contribution is 2.59. The maximum atomic E-state index is 12.6. The van der Waals surface area contributed by atoms with E-state index in [1.165, 1.54) is 12.3 Å². The van der Waals surface area contributed by atoms with Crippen molar-refractivity contribution in [2.75, 3.05) is 27.4 Å². The van der Waals surface area contributed by atoms with Crippen LogP contribution in [0.15, 0.2) is 29.2 Å². The van der Waals surface area contributed by atoms with Crippen molar-refractivity contribution in [2.45, 2.75) is 45.1 Å². The summed E-state index contributed by atoms with van der Waals surface area (Å²) in [5.41, 5.74) is 2.03. The van der Waals surface area contributed by atoms with Crippen LogP contribution in [-0.4, -0.2) is 43.1 Å². The lowest BCUT2D eigenvalue weighted by atomic mass is 9.77. The van der Waals surface area contributed by atoms with E-state index in [2.05, 4.69) is 13.8 Å². The highest BCUT2D eigenvalue weighted by molar-refractivity contribution is 5.88. The van der Waals surface area contributed by atoms with Crippen molar-refractivity contribution in [3.05, 3.63) is 45.7 Å². The number of aromatic nitrogens is 1. The number of aromatic carboxylic acids is 1. The molecule has 4 rings (SSSR count). The molecule has 1 unspecified atom stereocenters. The molecule has 1 aliphatic carbocycles. The van der Waals surface area contributed by atoms with E-state index in [9.17, 15) is 14.7 Å². The zero-order valence-corrected chi connectivity index (χ0v) is 18.4. The first kappa shape index (κ1) is 21.4. The third-order valence-electron chi connectivity index (χ3n) is 6.65. The molecule has 1 aromatic carbocycles. The average molecular weight is 427 g/mol. The predicted molar refractivity (Wildman–Crippen MR) is 116 cm³/mol. The number of pyridine rings is 1. The summed E-state index contributed by atoms with van der Waals surface area (Å²) in [7, 11) is 3.26. The number of ether oxygens (including phenoxy) is 3. The fraction of sp³-hybridized carbons (Fsp3) is 0.500. The lowest BCUT2D eigenvalue weighted by Crippen LogP contribution is -2.32. The molecule has 7 heteroatoms. The molecule has 2 heterocycles. The van der Waals surface area contributed by atoms with Gasteiger partial charge in [0.1, 0.15) is 5.56 Å². The molecule has 31 heavy (non-hydrogen) atoms. The molecule has 7 nitrogen and oxygen atoms in total. The second-order valence-electron chi connectivity index (χ2n) is 9.01. The van der Waals surface area contributed by atoms with Gasteiger partial charge in [0.25, 0.3) is 0 Å². The van der Waals surface area contributed by atoms with E-state index in [4.69, 9.17) is 14.2 Å². The van der Waals surface area contributed by atoms with E-state index in [1.54, 1.807) is 14.2 Å². The smallest absolute Gasteiger partial charge is 0.341 e. The molecule has 166 valence electrons. The van der Waals surface area contributed by atoms with Crippen molar-refractivity contribution in [1.29, 1.82) is 0 Å². The summed E-state index contributed by atoms with van der Waals surface area (Å²) in [4.78, 5) is 24.2. The Balaban J connectivity index is 1.88. The van der Waals surface area contributed by atoms with Crippen molar-refractivity contribution < 1.29 is 24.1 Å². The van der Waals surface area contributed by atoms with Crippen molar-refractivity contribution in [3.63, 3.8) is 0 Å². The third kappa shape index (κ3) is 3.61. The van der Waals surface area contributed by atoms with Crippen molar-refractivity contribution in [3.8, 4) is 22.8 Å². The lowest BCUT2D eigenvalue weighted by Gasteiger charge is -2.40. The van der Waals surface area contributed by atoms with Crippen molar-refractivity contribution in [1.82, 2.24) is 4.57 Å². The second kappa shape index (κ2) is 8.04. The summed E-state index contributed by atoms with van der Waals surface area (Å²) in [6, 6.07) is 5.46. The van der Waals surface area contributed by atoms with E-state index in [-0.39, 0.29) is 22.9 Å². The van der Waals surface area contributed by atoms with E-state index < -0.39 is 11.4 Å². The molecular formula is C24H29NO6. The highest BCUT2D eigenvalue weighted by atomic mass is 16.5. The second-order valence-corrected chi connectivity index (χ2v) is 9.01. The summed E-state index contributed by atoms with van der Waals surface area (Å²) in [6.45, 7) is 5.54. The van der Waals surface area contributed by atoms with E-state index in [0.29, 0.717) is 24.7 Å². The quantitative estimate of drug-likeness (QED) is 0.670. The van der Waals surface area contributed by atoms with Crippen LogP contribution in [-0.2, 0) is 4.74 Å². The van der Waals surface area contributed by atoms with Crippen LogP contribution in [0.4, 0.5) is 0 Å². The van der Waals surface area contributed by atoms with Gasteiger partial charge in [-0.3, -0.25) is 4.79 Å². The van der Waals surface area contributed by atoms with Crippen LogP contribution in [0.5, 0.6) is 11.5 Å². The number of benzene rings is 1. The summed E-state index contributed by atoms with van der Waals surface area (Å²) in [6.07, 6.45) is 4.28. The molecule has 2 aromatic rings. The van der Waals surface area contributed by atoms with Crippen LogP contribution < -0.4 is 14.9 Å². The molecule has 0 saturated heterocycles. The largest absolute Gasteiger partial charge is 0.493 e. The van der Waals surface area contributed by atoms with Crippen LogP contribution in [0, 0.1) is 5.41 Å². The number of carboxylic acids is 1. The van der Waals surface area contributed by atoms with Crippen LogP contribution >= 0.6 is 0 Å². The number of carbonyl (C=O) groups is 1. The Kier molecular flexibility index (Phi) is 5.56. The molecule has 2 atom stereocenters. The topological polar surface area (TPSA) is 87.0 Å². The number of carboxylic acid groups (broad SMARTS) is 1. The minimum atomic E-state index is -1.20. The first-order valence-electron chi connectivity index (χ1n) is 10.6. The Morgan fingerprint density at radius 2 is 1.97 bits per heavy atom. The van der Waals surface area contributed by atoms with Crippen LogP contribution in [0.3, 0.4) is 0 Å². The number of fused-ring (bicyclic) bond motifs is 6. The number of hydrogen-bond donors (Lipinski definition) is 1. The molecule has 0 bridgehead atoms. The zero-order valence-electron chi connectivity index (χ0n) is 18.4. The van der Waals surface area contributed by atoms with Gasteiger partial charge >= 0.3 is 5.97 Å². The number of nitrogens with zero attached hydrogens (tertiary/aromatic N) is 1. The SMILES string of the molecule is COCCCOc1cc2c(cc1OC)-c1cc(=O)c(C(=O)O)cn1[C@H]1C2CCC1(C)C. The summed E-state index contributed by atoms with van der Waals surface area (Å²) >= 11 is 0. The fourth-order valence-corrected chi connectivity index (χ4v) is 5.19. The Labute approximate surface area is 181 Å². The molecule has 1 N–H and O–H groups in total. The maximum Gasteiger partial charge on any atom is 0.341 e. The Bertz CT molecular complexity index is 1070. The van der Waals surface area contributed by atoms with Gasteiger partial charge in [-0.1, -0.05) is 13.8 Å². The molecule has 0 amide bonds. The molecule has 1 fully saturated rings. The van der Waals surface area contributed by atoms with Gasteiger partial charge in [-0.2, -0.15) is 0 Å². The van der Waals surface area contributed by atoms with Gasteiger partial charge in [0.05, 0.1) is 19.4 Å². The summed E-state index contributed by atoms with van der Waals surface area (Å²) < 4.78 is 18.7. The van der Waals surface area contributed by atoms with E-state index in [0.717, 1.165) is 36.1 Å². The lowest BCUT2D eigenvalue weighted by molar-refractivity contribution is 0.0693. The Morgan fingerprint density at radius 3 is 2.65 bits per heavy atom. The molecular weight excluding hydrogens is 398 g/mol. The van der Waals surface area contributed by atoms with Gasteiger partial charge in [-0.25, -0.2) is 4.79 Å². The molecule has 1 aromatic heterocycles. The molecule has 0 spiro atoms. The fourth-order valence-electron chi connectivity index (χ4n) is 5.19. The number of methoxy groups -OCH3 is 2. The minimum Gasteiger partial charge on any atom is -0.493 e. The molecule has 1 saturated carbocycles. The van der Waals surface area contributed by atoms with E-state index >= 15 is 0 Å². The van der Waals surface area contributed by atoms with Crippen LogP contribution in [0.1, 0.15) is 61.0 Å². The Morgan fingerprint density at radius 1 is 1.19 bits per heavy atom. The predicted octanol–water partition coefficient (Wildman–Crippen LogP) is 4.10. The minimum absolute atomic E-state index is 0.0403. The first-order valence-corrected chi connectivity index (χ1v) is 10.6. The number of hydrogen-bond acceptors (Lipinski definition) is 5. The number of rotatable bonds is 7. The third-order valence-corrected chi connectivity index (χ3v) is 6.65. The van der Waals surface area contributed by atoms with Gasteiger partial charge in [-0.15, -0.1) is 0 Å². The summed E-state index contributed by atoms with van der Waals surface area (Å²) in [5.74, 6) is 0.275. The van der Waals surface area contributed by atoms with Gasteiger partial charge in [0.2, 0.25) is 0 Å². The first-order chi connectivity index (χ1) is 14.8. The van der Waals surface area contributed by atoms with Crippen molar-refractivity contribution in [2.24, 2.45) is 5.41 Å². The average Bonchev–Trinajstić information content (AvgIpc) is 3.05.